The third-order valence-electron chi connectivity index (χ3n) is 3.25. The van der Waals surface area contributed by atoms with Gasteiger partial charge in [-0.1, -0.05) is 19.8 Å². The number of rotatable bonds is 9. The molecule has 1 aliphatic carbocycles. The maximum Gasteiger partial charge on any atom is 0.315 e. The second-order valence-electron chi connectivity index (χ2n) is 5.04. The van der Waals surface area contributed by atoms with Crippen molar-refractivity contribution < 1.29 is 14.7 Å². The molecular formula is C13H24N2O3. The van der Waals surface area contributed by atoms with Crippen LogP contribution < -0.4 is 10.6 Å². The third-order valence-corrected chi connectivity index (χ3v) is 3.25. The van der Waals surface area contributed by atoms with Gasteiger partial charge < -0.3 is 15.7 Å². The predicted molar refractivity (Wildman–Crippen MR) is 69.4 cm³/mol. The largest absolute Gasteiger partial charge is 0.481 e. The zero-order valence-corrected chi connectivity index (χ0v) is 11.1. The Morgan fingerprint density at radius 3 is 2.61 bits per heavy atom. The fraction of sp³-hybridized carbons (Fsp3) is 0.846. The maximum absolute atomic E-state index is 11.6. The van der Waals surface area contributed by atoms with Crippen LogP contribution in [0.15, 0.2) is 0 Å². The molecule has 0 aliphatic heterocycles. The minimum Gasteiger partial charge on any atom is -0.481 e. The second kappa shape index (κ2) is 7.95. The molecule has 18 heavy (non-hydrogen) atoms. The molecule has 3 N–H and O–H groups in total. The van der Waals surface area contributed by atoms with E-state index in [1.807, 2.05) is 0 Å². The number of hydrogen-bond acceptors (Lipinski definition) is 2. The summed E-state index contributed by atoms with van der Waals surface area (Å²) in [4.78, 5) is 21.9. The molecule has 1 unspecified atom stereocenters. The summed E-state index contributed by atoms with van der Waals surface area (Å²) in [6.07, 6.45) is 6.13. The number of carbonyl (C=O) groups excluding carboxylic acids is 1. The average molecular weight is 256 g/mol. The van der Waals surface area contributed by atoms with Crippen molar-refractivity contribution in [2.75, 3.05) is 6.54 Å². The van der Waals surface area contributed by atoms with Crippen molar-refractivity contribution in [3.8, 4) is 0 Å². The first kappa shape index (κ1) is 14.8. The highest BCUT2D eigenvalue weighted by Crippen LogP contribution is 2.33. The predicted octanol–water partition coefficient (Wildman–Crippen LogP) is 2.12. The number of carbonyl (C=O) groups is 2. The molecule has 2 amide bonds. The molecule has 1 fully saturated rings. The summed E-state index contributed by atoms with van der Waals surface area (Å²) in [5.74, 6) is 0.0285. The fourth-order valence-electron chi connectivity index (χ4n) is 1.92. The third kappa shape index (κ3) is 7.14. The van der Waals surface area contributed by atoms with Crippen LogP contribution >= 0.6 is 0 Å². The standard InChI is InChI=1S/C13H24N2O3/c1-2-11(9-10-6-7-10)15-13(18)14-8-4-3-5-12(16)17/h10-11H,2-9H2,1H3,(H,16,17)(H2,14,15,18). The Bertz CT molecular complexity index is 277. The number of unbranched alkanes of at least 4 members (excludes halogenated alkanes) is 1. The highest BCUT2D eigenvalue weighted by atomic mass is 16.4. The lowest BCUT2D eigenvalue weighted by atomic mass is 10.1. The molecule has 0 aromatic carbocycles. The Kier molecular flexibility index (Phi) is 6.54. The molecule has 0 bridgehead atoms. The Labute approximate surface area is 108 Å². The number of hydrogen-bond donors (Lipinski definition) is 3. The molecule has 0 radical (unpaired) electrons. The van der Waals surface area contributed by atoms with Crippen LogP contribution in [0.1, 0.15) is 51.9 Å². The minimum atomic E-state index is -0.782. The average Bonchev–Trinajstić information content (AvgIpc) is 3.11. The van der Waals surface area contributed by atoms with Gasteiger partial charge in [-0.3, -0.25) is 4.79 Å². The number of urea groups is 1. The van der Waals surface area contributed by atoms with Crippen molar-refractivity contribution in [1.29, 1.82) is 0 Å². The normalized spacial score (nSPS) is 16.1. The van der Waals surface area contributed by atoms with Gasteiger partial charge in [-0.05, 0) is 31.6 Å². The van der Waals surface area contributed by atoms with Gasteiger partial charge in [0.05, 0.1) is 0 Å². The first-order valence-electron chi connectivity index (χ1n) is 6.88. The first-order valence-corrected chi connectivity index (χ1v) is 6.88. The summed E-state index contributed by atoms with van der Waals surface area (Å²) < 4.78 is 0. The Balaban J connectivity index is 2.02. The van der Waals surface area contributed by atoms with E-state index in [4.69, 9.17) is 5.11 Å². The maximum atomic E-state index is 11.6. The summed E-state index contributed by atoms with van der Waals surface area (Å²) in [5, 5.41) is 14.2. The van der Waals surface area contributed by atoms with Crippen LogP contribution in [0.3, 0.4) is 0 Å². The van der Waals surface area contributed by atoms with E-state index in [1.54, 1.807) is 0 Å². The zero-order chi connectivity index (χ0) is 13.4. The Morgan fingerprint density at radius 1 is 1.33 bits per heavy atom. The summed E-state index contributed by atoms with van der Waals surface area (Å²) in [5.41, 5.74) is 0. The molecular weight excluding hydrogens is 232 g/mol. The molecule has 0 saturated heterocycles. The lowest BCUT2D eigenvalue weighted by molar-refractivity contribution is -0.137. The monoisotopic (exact) mass is 256 g/mol. The quantitative estimate of drug-likeness (QED) is 0.553. The fourth-order valence-corrected chi connectivity index (χ4v) is 1.92. The molecule has 1 rings (SSSR count). The molecule has 5 nitrogen and oxygen atoms in total. The first-order chi connectivity index (χ1) is 8.61. The summed E-state index contributed by atoms with van der Waals surface area (Å²) in [7, 11) is 0. The SMILES string of the molecule is CCC(CC1CC1)NC(=O)NCCCCC(=O)O. The van der Waals surface area contributed by atoms with Crippen molar-refractivity contribution in [2.45, 2.75) is 57.9 Å². The highest BCUT2D eigenvalue weighted by molar-refractivity contribution is 5.74. The van der Waals surface area contributed by atoms with Gasteiger partial charge in [-0.25, -0.2) is 4.79 Å². The minimum absolute atomic E-state index is 0.127. The number of amides is 2. The molecule has 104 valence electrons. The van der Waals surface area contributed by atoms with Crippen LogP contribution in [0.2, 0.25) is 0 Å². The van der Waals surface area contributed by atoms with Crippen LogP contribution in [-0.2, 0) is 4.79 Å². The van der Waals surface area contributed by atoms with Crippen molar-refractivity contribution in [3.63, 3.8) is 0 Å². The number of nitrogens with one attached hydrogen (secondary N) is 2. The molecule has 1 saturated carbocycles. The van der Waals surface area contributed by atoms with Gasteiger partial charge in [0.25, 0.3) is 0 Å². The summed E-state index contributed by atoms with van der Waals surface area (Å²) in [6, 6.07) is 0.148. The van der Waals surface area contributed by atoms with E-state index >= 15 is 0 Å². The molecule has 5 heteroatoms. The van der Waals surface area contributed by atoms with E-state index in [0.717, 1.165) is 18.8 Å². The van der Waals surface area contributed by atoms with Crippen LogP contribution in [0.4, 0.5) is 4.79 Å². The summed E-state index contributed by atoms with van der Waals surface area (Å²) in [6.45, 7) is 2.62. The molecule has 0 aromatic rings. The number of carboxylic acid groups (broad SMARTS) is 1. The lowest BCUT2D eigenvalue weighted by Crippen LogP contribution is -2.42. The van der Waals surface area contributed by atoms with Gasteiger partial charge in [0.1, 0.15) is 0 Å². The van der Waals surface area contributed by atoms with Gasteiger partial charge in [0, 0.05) is 19.0 Å². The van der Waals surface area contributed by atoms with Gasteiger partial charge >= 0.3 is 12.0 Å². The second-order valence-corrected chi connectivity index (χ2v) is 5.04. The smallest absolute Gasteiger partial charge is 0.315 e. The van der Waals surface area contributed by atoms with Crippen LogP contribution in [0.25, 0.3) is 0 Å². The van der Waals surface area contributed by atoms with Gasteiger partial charge in [-0.15, -0.1) is 0 Å². The number of aliphatic carboxylic acids is 1. The molecule has 0 heterocycles. The van der Waals surface area contributed by atoms with E-state index in [1.165, 1.54) is 12.8 Å². The number of carboxylic acids is 1. The van der Waals surface area contributed by atoms with Gasteiger partial charge in [0.2, 0.25) is 0 Å². The van der Waals surface area contributed by atoms with E-state index in [-0.39, 0.29) is 18.5 Å². The van der Waals surface area contributed by atoms with Crippen molar-refractivity contribution in [1.82, 2.24) is 10.6 Å². The summed E-state index contributed by atoms with van der Waals surface area (Å²) >= 11 is 0. The Hall–Kier alpha value is -1.26. The molecule has 0 aromatic heterocycles. The lowest BCUT2D eigenvalue weighted by Gasteiger charge is -2.17. The van der Waals surface area contributed by atoms with Gasteiger partial charge in [-0.2, -0.15) is 0 Å². The van der Waals surface area contributed by atoms with Crippen LogP contribution in [-0.4, -0.2) is 29.7 Å². The molecule has 0 spiro atoms. The van der Waals surface area contributed by atoms with Crippen molar-refractivity contribution >= 4 is 12.0 Å². The zero-order valence-electron chi connectivity index (χ0n) is 11.1. The highest BCUT2D eigenvalue weighted by Gasteiger charge is 2.25. The van der Waals surface area contributed by atoms with Crippen LogP contribution in [0, 0.1) is 5.92 Å². The van der Waals surface area contributed by atoms with E-state index in [0.29, 0.717) is 19.4 Å². The van der Waals surface area contributed by atoms with E-state index < -0.39 is 5.97 Å². The molecule has 1 aliphatic rings. The molecule has 1 atom stereocenters. The van der Waals surface area contributed by atoms with Crippen molar-refractivity contribution in [2.24, 2.45) is 5.92 Å². The Morgan fingerprint density at radius 2 is 2.06 bits per heavy atom. The van der Waals surface area contributed by atoms with E-state index in [9.17, 15) is 9.59 Å². The topological polar surface area (TPSA) is 78.4 Å². The van der Waals surface area contributed by atoms with Crippen molar-refractivity contribution in [3.05, 3.63) is 0 Å². The van der Waals surface area contributed by atoms with Gasteiger partial charge in [0.15, 0.2) is 0 Å². The van der Waals surface area contributed by atoms with E-state index in [2.05, 4.69) is 17.6 Å². The van der Waals surface area contributed by atoms with Crippen LogP contribution in [0.5, 0.6) is 0 Å².